The quantitative estimate of drug-likeness (QED) is 0.338. The molecule has 7 nitrogen and oxygen atoms in total. The van der Waals surface area contributed by atoms with E-state index in [1.807, 2.05) is 0 Å². The molecule has 0 atom stereocenters. The van der Waals surface area contributed by atoms with E-state index in [4.69, 9.17) is 28.0 Å². The number of hydrogen-bond donors (Lipinski definition) is 2. The summed E-state index contributed by atoms with van der Waals surface area (Å²) in [6, 6.07) is 11.5. The number of carbonyl (C=O) groups excluding carboxylic acids is 2. The number of rotatable bonds is 4. The maximum Gasteiger partial charge on any atom is 0.339 e. The van der Waals surface area contributed by atoms with Crippen molar-refractivity contribution in [3.63, 3.8) is 0 Å². The zero-order valence-corrected chi connectivity index (χ0v) is 15.8. The molecule has 10 heteroatoms. The van der Waals surface area contributed by atoms with Gasteiger partial charge in [0.1, 0.15) is 16.2 Å². The Morgan fingerprint density at radius 2 is 1.56 bits per heavy atom. The number of amides is 2. The number of thiocarbonyl (C=S) groups is 1. The van der Waals surface area contributed by atoms with Crippen LogP contribution in [0.15, 0.2) is 59.0 Å². The van der Waals surface area contributed by atoms with Crippen LogP contribution in [0.2, 0.25) is 5.02 Å². The molecule has 0 saturated carbocycles. The molecule has 0 radical (unpaired) electrons. The van der Waals surface area contributed by atoms with Crippen LogP contribution in [0.25, 0.3) is 6.08 Å². The van der Waals surface area contributed by atoms with Crippen molar-refractivity contribution in [3.05, 3.63) is 64.7 Å². The molecule has 0 aromatic heterocycles. The van der Waals surface area contributed by atoms with Gasteiger partial charge in [0.15, 0.2) is 5.11 Å². The standard InChI is InChI=1S/C17H11ClN2O5S2/c18-11-5-7-12(8-6-11)27(23,24)25-14-4-2-1-3-10(14)9-13-15(21)19-17(26)20-16(13)22/h1-9H,(H2,19,20,21,22,26). The van der Waals surface area contributed by atoms with Crippen LogP contribution in [0.1, 0.15) is 5.56 Å². The Bertz CT molecular complexity index is 1060. The lowest BCUT2D eigenvalue weighted by Gasteiger charge is -2.17. The first-order chi connectivity index (χ1) is 12.8. The van der Waals surface area contributed by atoms with E-state index in [9.17, 15) is 18.0 Å². The molecule has 1 saturated heterocycles. The minimum Gasteiger partial charge on any atom is -0.378 e. The van der Waals surface area contributed by atoms with Gasteiger partial charge in [0.25, 0.3) is 11.8 Å². The lowest BCUT2D eigenvalue weighted by Crippen LogP contribution is -2.51. The second-order valence-electron chi connectivity index (χ2n) is 5.32. The molecular weight excluding hydrogens is 412 g/mol. The topological polar surface area (TPSA) is 102 Å². The first-order valence-corrected chi connectivity index (χ1v) is 9.63. The minimum absolute atomic E-state index is 0.0475. The molecule has 2 aromatic carbocycles. The predicted octanol–water partition coefficient (Wildman–Crippen LogP) is 2.02. The van der Waals surface area contributed by atoms with Crippen LogP contribution in [0.3, 0.4) is 0 Å². The first-order valence-electron chi connectivity index (χ1n) is 7.44. The van der Waals surface area contributed by atoms with Gasteiger partial charge >= 0.3 is 10.1 Å². The molecule has 0 aliphatic carbocycles. The number of hydrogen-bond acceptors (Lipinski definition) is 6. The van der Waals surface area contributed by atoms with Crippen molar-refractivity contribution in [2.75, 3.05) is 0 Å². The molecular formula is C17H11ClN2O5S2. The summed E-state index contributed by atoms with van der Waals surface area (Å²) in [6.07, 6.45) is 1.22. The van der Waals surface area contributed by atoms with Gasteiger partial charge in [0.05, 0.1) is 0 Å². The summed E-state index contributed by atoms with van der Waals surface area (Å²) >= 11 is 10.5. The normalized spacial score (nSPS) is 14.4. The van der Waals surface area contributed by atoms with Crippen molar-refractivity contribution in [1.82, 2.24) is 10.6 Å². The number of halogens is 1. The maximum atomic E-state index is 12.5. The summed E-state index contributed by atoms with van der Waals surface area (Å²) in [5.74, 6) is -1.44. The van der Waals surface area contributed by atoms with Crippen LogP contribution >= 0.6 is 23.8 Å². The van der Waals surface area contributed by atoms with E-state index in [1.165, 1.54) is 42.5 Å². The molecule has 0 bridgehead atoms. The molecule has 138 valence electrons. The van der Waals surface area contributed by atoms with Crippen LogP contribution in [0.4, 0.5) is 0 Å². The van der Waals surface area contributed by atoms with Crippen molar-refractivity contribution in [2.24, 2.45) is 0 Å². The number of carbonyl (C=O) groups is 2. The SMILES string of the molecule is O=C1NC(=S)NC(=O)C1=Cc1ccccc1OS(=O)(=O)c1ccc(Cl)cc1. The Balaban J connectivity index is 1.96. The third-order valence-electron chi connectivity index (χ3n) is 3.46. The molecule has 27 heavy (non-hydrogen) atoms. The van der Waals surface area contributed by atoms with E-state index in [0.29, 0.717) is 5.02 Å². The van der Waals surface area contributed by atoms with E-state index in [2.05, 4.69) is 10.6 Å². The van der Waals surface area contributed by atoms with Gasteiger partial charge in [-0.15, -0.1) is 0 Å². The van der Waals surface area contributed by atoms with E-state index >= 15 is 0 Å². The predicted molar refractivity (Wildman–Crippen MR) is 103 cm³/mol. The van der Waals surface area contributed by atoms with Crippen LogP contribution in [0.5, 0.6) is 5.75 Å². The van der Waals surface area contributed by atoms with Crippen LogP contribution in [-0.2, 0) is 19.7 Å². The Morgan fingerprint density at radius 3 is 2.19 bits per heavy atom. The highest BCUT2D eigenvalue weighted by molar-refractivity contribution is 7.87. The Hall–Kier alpha value is -2.75. The van der Waals surface area contributed by atoms with Gasteiger partial charge < -0.3 is 4.18 Å². The molecule has 2 N–H and O–H groups in total. The van der Waals surface area contributed by atoms with Crippen LogP contribution < -0.4 is 14.8 Å². The van der Waals surface area contributed by atoms with Gasteiger partial charge in [-0.1, -0.05) is 29.8 Å². The van der Waals surface area contributed by atoms with Crippen molar-refractivity contribution in [1.29, 1.82) is 0 Å². The molecule has 1 aliphatic rings. The number of nitrogens with one attached hydrogen (secondary N) is 2. The summed E-state index contributed by atoms with van der Waals surface area (Å²) in [5.41, 5.74) is -0.00769. The monoisotopic (exact) mass is 422 g/mol. The van der Waals surface area contributed by atoms with E-state index in [1.54, 1.807) is 12.1 Å². The van der Waals surface area contributed by atoms with Crippen LogP contribution in [-0.4, -0.2) is 25.3 Å². The fraction of sp³-hybridized carbons (Fsp3) is 0. The lowest BCUT2D eigenvalue weighted by molar-refractivity contribution is -0.123. The van der Waals surface area contributed by atoms with Crippen LogP contribution in [0, 0.1) is 0 Å². The Morgan fingerprint density at radius 1 is 0.963 bits per heavy atom. The first kappa shape index (κ1) is 19.0. The van der Waals surface area contributed by atoms with E-state index < -0.39 is 21.9 Å². The number of benzene rings is 2. The van der Waals surface area contributed by atoms with Gasteiger partial charge in [0, 0.05) is 10.6 Å². The molecule has 1 aliphatic heterocycles. The molecule has 1 heterocycles. The highest BCUT2D eigenvalue weighted by Gasteiger charge is 2.26. The van der Waals surface area contributed by atoms with E-state index in [0.717, 1.165) is 0 Å². The smallest absolute Gasteiger partial charge is 0.339 e. The highest BCUT2D eigenvalue weighted by atomic mass is 35.5. The van der Waals surface area contributed by atoms with E-state index in [-0.39, 0.29) is 26.9 Å². The molecule has 0 spiro atoms. The minimum atomic E-state index is -4.14. The second kappa shape index (κ2) is 7.47. The molecule has 1 fully saturated rings. The van der Waals surface area contributed by atoms with Gasteiger partial charge in [-0.3, -0.25) is 20.2 Å². The average Bonchev–Trinajstić information content (AvgIpc) is 2.59. The van der Waals surface area contributed by atoms with Crippen molar-refractivity contribution in [3.8, 4) is 5.75 Å². The fourth-order valence-corrected chi connectivity index (χ4v) is 3.47. The summed E-state index contributed by atoms with van der Waals surface area (Å²) in [7, 11) is -4.14. The third-order valence-corrected chi connectivity index (χ3v) is 5.17. The second-order valence-corrected chi connectivity index (χ2v) is 7.72. The zero-order chi connectivity index (χ0) is 19.6. The van der Waals surface area contributed by atoms with Gasteiger partial charge in [-0.25, -0.2) is 0 Å². The lowest BCUT2D eigenvalue weighted by atomic mass is 10.1. The summed E-state index contributed by atoms with van der Waals surface area (Å²) in [6.45, 7) is 0. The Labute approximate surface area is 165 Å². The summed E-state index contributed by atoms with van der Waals surface area (Å²) in [5, 5.41) is 4.88. The van der Waals surface area contributed by atoms with Crippen molar-refractivity contribution in [2.45, 2.75) is 4.90 Å². The number of para-hydroxylation sites is 1. The largest absolute Gasteiger partial charge is 0.378 e. The summed E-state index contributed by atoms with van der Waals surface area (Å²) in [4.78, 5) is 23.9. The van der Waals surface area contributed by atoms with Gasteiger partial charge in [-0.2, -0.15) is 8.42 Å². The third kappa shape index (κ3) is 4.33. The summed E-state index contributed by atoms with van der Waals surface area (Å²) < 4.78 is 30.1. The average molecular weight is 423 g/mol. The molecule has 0 unspecified atom stereocenters. The van der Waals surface area contributed by atoms with Gasteiger partial charge in [0.2, 0.25) is 0 Å². The molecule has 3 rings (SSSR count). The fourth-order valence-electron chi connectivity index (χ4n) is 2.21. The highest BCUT2D eigenvalue weighted by Crippen LogP contribution is 2.26. The van der Waals surface area contributed by atoms with Crippen molar-refractivity contribution >= 4 is 56.9 Å². The Kier molecular flexibility index (Phi) is 5.26. The maximum absolute atomic E-state index is 12.5. The van der Waals surface area contributed by atoms with Gasteiger partial charge in [-0.05, 0) is 48.6 Å². The van der Waals surface area contributed by atoms with Crippen molar-refractivity contribution < 1.29 is 22.2 Å². The zero-order valence-electron chi connectivity index (χ0n) is 13.4. The molecule has 2 amide bonds. The molecule has 2 aromatic rings.